The van der Waals surface area contributed by atoms with Crippen molar-refractivity contribution in [1.29, 1.82) is 0 Å². The van der Waals surface area contributed by atoms with E-state index in [0.29, 0.717) is 11.6 Å². The standard InChI is InChI=1S/C15H16ClNO2/c1-17-10-13-14(16)4-3-5-15(13)19-12-8-6-11(18-2)7-9-12/h3-9,17H,10H2,1-2H3. The van der Waals surface area contributed by atoms with Gasteiger partial charge in [-0.05, 0) is 43.4 Å². The summed E-state index contributed by atoms with van der Waals surface area (Å²) >= 11 is 6.18. The molecule has 0 bridgehead atoms. The maximum Gasteiger partial charge on any atom is 0.133 e. The van der Waals surface area contributed by atoms with Crippen molar-refractivity contribution in [2.45, 2.75) is 6.54 Å². The Labute approximate surface area is 118 Å². The van der Waals surface area contributed by atoms with Crippen LogP contribution in [-0.4, -0.2) is 14.2 Å². The predicted molar refractivity (Wildman–Crippen MR) is 77.3 cm³/mol. The topological polar surface area (TPSA) is 30.5 Å². The molecule has 0 aliphatic heterocycles. The predicted octanol–water partition coefficient (Wildman–Crippen LogP) is 3.86. The van der Waals surface area contributed by atoms with Gasteiger partial charge in [-0.15, -0.1) is 0 Å². The van der Waals surface area contributed by atoms with E-state index in [1.807, 2.05) is 49.5 Å². The van der Waals surface area contributed by atoms with Crippen molar-refractivity contribution in [3.8, 4) is 17.2 Å². The van der Waals surface area contributed by atoms with Gasteiger partial charge in [-0.3, -0.25) is 0 Å². The molecule has 0 spiro atoms. The maximum atomic E-state index is 6.18. The van der Waals surface area contributed by atoms with Crippen molar-refractivity contribution in [2.75, 3.05) is 14.2 Å². The third-order valence-corrected chi connectivity index (χ3v) is 3.07. The lowest BCUT2D eigenvalue weighted by Crippen LogP contribution is -2.07. The third kappa shape index (κ3) is 3.40. The van der Waals surface area contributed by atoms with E-state index in [2.05, 4.69) is 5.32 Å². The average molecular weight is 278 g/mol. The summed E-state index contributed by atoms with van der Waals surface area (Å²) in [6.07, 6.45) is 0. The average Bonchev–Trinajstić information content (AvgIpc) is 2.43. The number of nitrogens with one attached hydrogen (secondary N) is 1. The second kappa shape index (κ2) is 6.45. The summed E-state index contributed by atoms with van der Waals surface area (Å²) in [6, 6.07) is 13.1. The fourth-order valence-electron chi connectivity index (χ4n) is 1.75. The molecule has 2 aromatic rings. The van der Waals surface area contributed by atoms with Gasteiger partial charge >= 0.3 is 0 Å². The maximum absolute atomic E-state index is 6.18. The van der Waals surface area contributed by atoms with E-state index in [-0.39, 0.29) is 0 Å². The van der Waals surface area contributed by atoms with Gasteiger partial charge in [-0.1, -0.05) is 17.7 Å². The summed E-state index contributed by atoms with van der Waals surface area (Å²) < 4.78 is 11.0. The zero-order chi connectivity index (χ0) is 13.7. The summed E-state index contributed by atoms with van der Waals surface area (Å²) in [5.41, 5.74) is 0.947. The molecule has 0 amide bonds. The van der Waals surface area contributed by atoms with Crippen molar-refractivity contribution in [3.63, 3.8) is 0 Å². The Hall–Kier alpha value is -1.71. The van der Waals surface area contributed by atoms with Crippen LogP contribution < -0.4 is 14.8 Å². The minimum absolute atomic E-state index is 0.658. The van der Waals surface area contributed by atoms with E-state index in [1.54, 1.807) is 7.11 Å². The van der Waals surface area contributed by atoms with Crippen LogP contribution in [0.3, 0.4) is 0 Å². The van der Waals surface area contributed by atoms with Crippen molar-refractivity contribution in [1.82, 2.24) is 5.32 Å². The molecule has 0 saturated heterocycles. The second-order valence-electron chi connectivity index (χ2n) is 4.02. The lowest BCUT2D eigenvalue weighted by Gasteiger charge is -2.12. The number of benzene rings is 2. The first-order valence-corrected chi connectivity index (χ1v) is 6.36. The number of ether oxygens (including phenoxy) is 2. The highest BCUT2D eigenvalue weighted by Crippen LogP contribution is 2.31. The molecule has 0 atom stereocenters. The van der Waals surface area contributed by atoms with Gasteiger partial charge in [0, 0.05) is 17.1 Å². The van der Waals surface area contributed by atoms with Crippen LogP contribution in [0.2, 0.25) is 5.02 Å². The molecular formula is C15H16ClNO2. The molecule has 100 valence electrons. The molecule has 0 unspecified atom stereocenters. The lowest BCUT2D eigenvalue weighted by atomic mass is 10.2. The van der Waals surface area contributed by atoms with E-state index in [0.717, 1.165) is 22.8 Å². The largest absolute Gasteiger partial charge is 0.497 e. The van der Waals surface area contributed by atoms with Gasteiger partial charge in [-0.2, -0.15) is 0 Å². The highest BCUT2D eigenvalue weighted by Gasteiger charge is 2.08. The van der Waals surface area contributed by atoms with Crippen LogP contribution in [0, 0.1) is 0 Å². The van der Waals surface area contributed by atoms with Crippen molar-refractivity contribution in [2.24, 2.45) is 0 Å². The Balaban J connectivity index is 2.24. The SMILES string of the molecule is CNCc1c(Cl)cccc1Oc1ccc(OC)cc1. The second-order valence-corrected chi connectivity index (χ2v) is 4.43. The molecule has 0 fully saturated rings. The lowest BCUT2D eigenvalue weighted by molar-refractivity contribution is 0.412. The van der Waals surface area contributed by atoms with E-state index in [4.69, 9.17) is 21.1 Å². The van der Waals surface area contributed by atoms with Crippen LogP contribution in [0.25, 0.3) is 0 Å². The third-order valence-electron chi connectivity index (χ3n) is 2.72. The minimum Gasteiger partial charge on any atom is -0.497 e. The van der Waals surface area contributed by atoms with Crippen LogP contribution in [-0.2, 0) is 6.54 Å². The molecule has 0 aliphatic rings. The normalized spacial score (nSPS) is 10.3. The quantitative estimate of drug-likeness (QED) is 0.900. The Kier molecular flexibility index (Phi) is 4.66. The molecule has 0 heterocycles. The molecular weight excluding hydrogens is 262 g/mol. The Bertz CT molecular complexity index is 540. The fraction of sp³-hybridized carbons (Fsp3) is 0.200. The Morgan fingerprint density at radius 3 is 2.37 bits per heavy atom. The summed E-state index contributed by atoms with van der Waals surface area (Å²) in [5.74, 6) is 2.31. The smallest absolute Gasteiger partial charge is 0.133 e. The van der Waals surface area contributed by atoms with E-state index < -0.39 is 0 Å². The number of halogens is 1. The summed E-state index contributed by atoms with van der Waals surface area (Å²) in [4.78, 5) is 0. The monoisotopic (exact) mass is 277 g/mol. The van der Waals surface area contributed by atoms with Gasteiger partial charge in [-0.25, -0.2) is 0 Å². The fourth-order valence-corrected chi connectivity index (χ4v) is 1.99. The zero-order valence-corrected chi connectivity index (χ0v) is 11.7. The molecule has 3 nitrogen and oxygen atoms in total. The van der Waals surface area contributed by atoms with E-state index in [9.17, 15) is 0 Å². The van der Waals surface area contributed by atoms with Gasteiger partial charge < -0.3 is 14.8 Å². The highest BCUT2D eigenvalue weighted by molar-refractivity contribution is 6.31. The molecule has 0 aliphatic carbocycles. The van der Waals surface area contributed by atoms with Crippen LogP contribution in [0.15, 0.2) is 42.5 Å². The van der Waals surface area contributed by atoms with Crippen molar-refractivity contribution >= 4 is 11.6 Å². The molecule has 0 aromatic heterocycles. The molecule has 0 saturated carbocycles. The van der Waals surface area contributed by atoms with Gasteiger partial charge in [0.15, 0.2) is 0 Å². The van der Waals surface area contributed by atoms with Gasteiger partial charge in [0.1, 0.15) is 17.2 Å². The van der Waals surface area contributed by atoms with Gasteiger partial charge in [0.05, 0.1) is 7.11 Å². The van der Waals surface area contributed by atoms with Crippen molar-refractivity contribution < 1.29 is 9.47 Å². The summed E-state index contributed by atoms with van der Waals surface area (Å²) in [5, 5.41) is 3.78. The number of hydrogen-bond acceptors (Lipinski definition) is 3. The van der Waals surface area contributed by atoms with Crippen LogP contribution in [0.1, 0.15) is 5.56 Å². The summed E-state index contributed by atoms with van der Waals surface area (Å²) in [7, 11) is 3.51. The number of methoxy groups -OCH3 is 1. The molecule has 1 N–H and O–H groups in total. The number of hydrogen-bond donors (Lipinski definition) is 1. The van der Waals surface area contributed by atoms with E-state index in [1.165, 1.54) is 0 Å². The van der Waals surface area contributed by atoms with Crippen LogP contribution in [0.5, 0.6) is 17.2 Å². The zero-order valence-electron chi connectivity index (χ0n) is 10.9. The Morgan fingerprint density at radius 2 is 1.74 bits per heavy atom. The number of rotatable bonds is 5. The molecule has 2 rings (SSSR count). The van der Waals surface area contributed by atoms with E-state index >= 15 is 0 Å². The first-order chi connectivity index (χ1) is 9.24. The first-order valence-electron chi connectivity index (χ1n) is 5.98. The molecule has 4 heteroatoms. The Morgan fingerprint density at radius 1 is 1.05 bits per heavy atom. The molecule has 2 aromatic carbocycles. The molecule has 0 radical (unpaired) electrons. The minimum atomic E-state index is 0.658. The van der Waals surface area contributed by atoms with Gasteiger partial charge in [0.25, 0.3) is 0 Å². The first kappa shape index (κ1) is 13.7. The van der Waals surface area contributed by atoms with Crippen molar-refractivity contribution in [3.05, 3.63) is 53.1 Å². The molecule has 19 heavy (non-hydrogen) atoms. The highest BCUT2D eigenvalue weighted by atomic mass is 35.5. The summed E-state index contributed by atoms with van der Waals surface area (Å²) in [6.45, 7) is 0.658. The van der Waals surface area contributed by atoms with Crippen LogP contribution >= 0.6 is 11.6 Å². The van der Waals surface area contributed by atoms with Gasteiger partial charge in [0.2, 0.25) is 0 Å². The van der Waals surface area contributed by atoms with Crippen LogP contribution in [0.4, 0.5) is 0 Å².